The minimum absolute atomic E-state index is 0. The second-order valence-corrected chi connectivity index (χ2v) is 9.85. The molecule has 6 nitrogen and oxygen atoms in total. The number of rotatable bonds is 8. The van der Waals surface area contributed by atoms with Crippen LogP contribution in [-0.2, 0) is 25.6 Å². The Kier molecular flexibility index (Phi) is 38.0. The molecule has 0 aliphatic heterocycles. The number of halogens is 2. The molecule has 1 aliphatic rings. The fraction of sp³-hybridized carbons (Fsp3) is 0.297. The predicted octanol–water partition coefficient (Wildman–Crippen LogP) is -0.361. The topological polar surface area (TPSA) is 97.7 Å². The van der Waals surface area contributed by atoms with Gasteiger partial charge >= 0.3 is 154 Å². The fourth-order valence-corrected chi connectivity index (χ4v) is 5.25. The molecule has 0 aromatic heterocycles. The molecule has 1 saturated carbocycles. The number of phenols is 1. The molecule has 246 valence electrons. The number of ether oxygens (including phenoxy) is 1. The number of carbonyl (C=O) groups excluding carboxylic acids is 4. The van der Waals surface area contributed by atoms with Gasteiger partial charge in [0, 0.05) is 33.7 Å². The van der Waals surface area contributed by atoms with Crippen molar-refractivity contribution in [1.29, 1.82) is 0 Å². The Morgan fingerprint density at radius 3 is 1.94 bits per heavy atom. The van der Waals surface area contributed by atoms with Crippen LogP contribution in [0.2, 0.25) is 5.02 Å². The van der Waals surface area contributed by atoms with Crippen molar-refractivity contribution in [2.75, 3.05) is 7.11 Å². The molecule has 0 unspecified atom stereocenters. The fourth-order valence-electron chi connectivity index (χ4n) is 4.91. The summed E-state index contributed by atoms with van der Waals surface area (Å²) in [6.45, 7) is 13.9. The van der Waals surface area contributed by atoms with Crippen LogP contribution in [0.25, 0.3) is 22.3 Å². The van der Waals surface area contributed by atoms with E-state index >= 15 is 0 Å². The molecule has 1 aliphatic carbocycles. The van der Waals surface area contributed by atoms with Gasteiger partial charge in [-0.1, -0.05) is 61.7 Å². The number of methoxy groups -OCH3 is 1. The van der Waals surface area contributed by atoms with Gasteiger partial charge < -0.3 is 63.8 Å². The number of benzene rings is 3. The molecule has 0 amide bonds. The Bertz CT molecular complexity index is 1400. The van der Waals surface area contributed by atoms with E-state index in [2.05, 4.69) is 33.3 Å². The Morgan fingerprint density at radius 2 is 1.54 bits per heavy atom. The molecule has 0 heterocycles. The summed E-state index contributed by atoms with van der Waals surface area (Å²) in [5, 5.41) is 10.5. The molecule has 4 rings (SSSR count). The largest absolute Gasteiger partial charge is 1.00 e. The first-order valence-corrected chi connectivity index (χ1v) is 14.0. The smallest absolute Gasteiger partial charge is 0.573 e. The van der Waals surface area contributed by atoms with Gasteiger partial charge in [0.15, 0.2) is 0 Å². The van der Waals surface area contributed by atoms with E-state index in [0.29, 0.717) is 50.8 Å². The van der Waals surface area contributed by atoms with Crippen LogP contribution in [0.5, 0.6) is 11.5 Å². The number of hydrogen-bond donors (Lipinski definition) is 1. The van der Waals surface area contributed by atoms with Crippen LogP contribution in [0.3, 0.4) is 0 Å². The maximum absolute atomic E-state index is 14.4. The van der Waals surface area contributed by atoms with E-state index in [1.54, 1.807) is 24.3 Å². The molecule has 11 heteroatoms. The average Bonchev–Trinajstić information content (AvgIpc) is 3.42. The van der Waals surface area contributed by atoms with Crippen molar-refractivity contribution in [2.45, 2.75) is 59.3 Å². The van der Waals surface area contributed by atoms with Crippen molar-refractivity contribution in [3.63, 3.8) is 0 Å². The first-order chi connectivity index (χ1) is 20.6. The van der Waals surface area contributed by atoms with Crippen molar-refractivity contribution in [2.24, 2.45) is 5.41 Å². The molecule has 48 heavy (non-hydrogen) atoms. The maximum Gasteiger partial charge on any atom is 1.00 e. The summed E-state index contributed by atoms with van der Waals surface area (Å²) >= 11 is 6.58. The molecule has 0 atom stereocenters. The van der Waals surface area contributed by atoms with E-state index in [9.17, 15) is 23.9 Å². The van der Waals surface area contributed by atoms with Gasteiger partial charge in [-0.25, -0.2) is 4.39 Å². The van der Waals surface area contributed by atoms with E-state index in [1.165, 1.54) is 13.2 Å². The van der Waals surface area contributed by atoms with Crippen molar-refractivity contribution in [3.05, 3.63) is 98.0 Å². The van der Waals surface area contributed by atoms with E-state index in [4.69, 9.17) is 21.1 Å². The minimum Gasteiger partial charge on any atom is -0.573 e. The SMILES string of the molecule is CCC1(CC)CCCC1=O.CCc1c(F)cc(-c2cccc(-c3ccc[c-]c3O)c2Cl)cc1OC.[CH-]=C([C-]=O)[C-]=O.[CH-]=O.[CH3-].[CH3-].[K+].[K+].[K+]. The van der Waals surface area contributed by atoms with Gasteiger partial charge in [0.2, 0.25) is 0 Å². The summed E-state index contributed by atoms with van der Waals surface area (Å²) in [4.78, 5) is 37.5. The zero-order valence-electron chi connectivity index (χ0n) is 29.8. The number of allylic oxidation sites excluding steroid dienone is 1. The van der Waals surface area contributed by atoms with Crippen molar-refractivity contribution in [1.82, 2.24) is 0 Å². The Labute approximate surface area is 420 Å². The van der Waals surface area contributed by atoms with E-state index in [0.717, 1.165) is 44.7 Å². The third-order valence-corrected chi connectivity index (χ3v) is 7.79. The van der Waals surface area contributed by atoms with Crippen LogP contribution >= 0.6 is 11.6 Å². The number of hydrogen-bond acceptors (Lipinski definition) is 6. The Morgan fingerprint density at radius 1 is 1.00 bits per heavy atom. The Balaban J connectivity index is -0.000000226. The average molecular weight is 753 g/mol. The Hall–Kier alpha value is 0.809. The second kappa shape index (κ2) is 31.3. The van der Waals surface area contributed by atoms with Gasteiger partial charge in [0.25, 0.3) is 0 Å². The van der Waals surface area contributed by atoms with Gasteiger partial charge in [0.1, 0.15) is 17.3 Å². The van der Waals surface area contributed by atoms with Crippen molar-refractivity contribution < 1.29 is 188 Å². The number of Topliss-reactive ketones (excluding diaryl/α,β-unsaturated/α-hetero) is 1. The third kappa shape index (κ3) is 16.6. The van der Waals surface area contributed by atoms with Gasteiger partial charge in [-0.3, -0.25) is 11.6 Å². The third-order valence-electron chi connectivity index (χ3n) is 7.39. The first kappa shape index (κ1) is 58.1. The number of phenolic OH excluding ortho intramolecular Hbond substituents is 1. The standard InChI is InChI=1S/C21H17ClFO2.C9H16O.C4HO2.CHO.2CH3.3K/c1-3-14-18(23)11-13(12-20(14)25-2)15-8-6-9-17(21(15)22)16-7-4-5-10-19(16)24;1-3-9(4-2)7-5-6-8(9)10;1-4(2-5)3-6;1-2;;;;;/h4-9,11-12,24H,3H2,1-2H3;3-7H2,1-2H3;1H;1H;2*1H3;;;/q-1;;-3;3*-1;3*+1. The number of aromatic hydroxyl groups is 1. The second-order valence-electron chi connectivity index (χ2n) is 9.47. The number of carbonyl (C=O) groups is 1. The minimum atomic E-state index is -0.519. The molecule has 3 aromatic carbocycles. The first-order valence-electron chi connectivity index (χ1n) is 13.6. The summed E-state index contributed by atoms with van der Waals surface area (Å²) in [6.07, 6.45) is 8.00. The normalized spacial score (nSPS) is 11.4. The molecule has 0 saturated heterocycles. The van der Waals surface area contributed by atoms with Gasteiger partial charge in [0.05, 0.1) is 7.11 Å². The molecular formula is C37H41ClFK3O6-4. The van der Waals surface area contributed by atoms with Crippen LogP contribution in [0.4, 0.5) is 4.39 Å². The van der Waals surface area contributed by atoms with Crippen LogP contribution in [0.15, 0.2) is 54.1 Å². The van der Waals surface area contributed by atoms with Crippen LogP contribution in [-0.4, -0.2) is 37.4 Å². The van der Waals surface area contributed by atoms with Crippen molar-refractivity contribution >= 4 is 36.7 Å². The molecule has 0 spiro atoms. The molecule has 1 N–H and O–H groups in total. The van der Waals surface area contributed by atoms with E-state index in [1.807, 2.05) is 25.1 Å². The zero-order chi connectivity index (χ0) is 32.6. The van der Waals surface area contributed by atoms with Gasteiger partial charge in [-0.2, -0.15) is 18.2 Å². The summed E-state index contributed by atoms with van der Waals surface area (Å²) in [7, 11) is 1.52. The molecular weight excluding hydrogens is 712 g/mol. The monoisotopic (exact) mass is 752 g/mol. The molecule has 0 bridgehead atoms. The number of ketones is 1. The quantitative estimate of drug-likeness (QED) is 0.0844. The number of para-hydroxylation sites is 1. The van der Waals surface area contributed by atoms with Crippen LogP contribution in [0.1, 0.15) is 58.4 Å². The van der Waals surface area contributed by atoms with Gasteiger partial charge in [-0.15, -0.1) is 6.07 Å². The van der Waals surface area contributed by atoms with Gasteiger partial charge in [-0.05, 0) is 49.8 Å². The summed E-state index contributed by atoms with van der Waals surface area (Å²) in [5.41, 5.74) is 2.64. The maximum atomic E-state index is 14.4. The molecule has 0 radical (unpaired) electrons. The van der Waals surface area contributed by atoms with E-state index in [-0.39, 0.29) is 186 Å². The summed E-state index contributed by atoms with van der Waals surface area (Å²) in [5.74, 6) is 0.702. The molecule has 3 aromatic rings. The van der Waals surface area contributed by atoms with Crippen LogP contribution in [0, 0.1) is 38.7 Å². The summed E-state index contributed by atoms with van der Waals surface area (Å²) in [6, 6.07) is 16.6. The van der Waals surface area contributed by atoms with Crippen LogP contribution < -0.4 is 159 Å². The van der Waals surface area contributed by atoms with Crippen molar-refractivity contribution in [3.8, 4) is 33.8 Å². The van der Waals surface area contributed by atoms with E-state index < -0.39 is 5.57 Å². The molecule has 1 fully saturated rings. The summed E-state index contributed by atoms with van der Waals surface area (Å²) < 4.78 is 19.8. The zero-order valence-corrected chi connectivity index (χ0v) is 39.9. The predicted molar refractivity (Wildman–Crippen MR) is 179 cm³/mol.